The van der Waals surface area contributed by atoms with Crippen LogP contribution in [0.1, 0.15) is 32.2 Å². The molecule has 5 rings (SSSR count). The molecule has 0 amide bonds. The molecule has 1 aliphatic rings. The molecule has 4 nitrogen and oxygen atoms in total. The average Bonchev–Trinajstić information content (AvgIpc) is 3.46. The van der Waals surface area contributed by atoms with E-state index in [1.54, 1.807) is 11.3 Å². The van der Waals surface area contributed by atoms with E-state index in [9.17, 15) is 4.79 Å². The standard InChI is InChI=1S/C23H19N3OS2/c1-26-22(13-18-6-4-10-28-18)24-25-23(26)29-14-21(27)17-9-8-16-11-15-5-2-3-7-19(15)20(16)12-17/h2-10,12H,11,13-14H2,1H3. The van der Waals surface area contributed by atoms with Crippen LogP contribution >= 0.6 is 23.1 Å². The van der Waals surface area contributed by atoms with E-state index in [0.29, 0.717) is 5.75 Å². The molecular weight excluding hydrogens is 398 g/mol. The van der Waals surface area contributed by atoms with E-state index >= 15 is 0 Å². The molecule has 0 saturated heterocycles. The summed E-state index contributed by atoms with van der Waals surface area (Å²) in [4.78, 5) is 14.1. The highest BCUT2D eigenvalue weighted by atomic mass is 32.2. The van der Waals surface area contributed by atoms with E-state index < -0.39 is 0 Å². The van der Waals surface area contributed by atoms with Gasteiger partial charge in [0.05, 0.1) is 5.75 Å². The van der Waals surface area contributed by atoms with Gasteiger partial charge in [-0.05, 0) is 46.2 Å². The van der Waals surface area contributed by atoms with Crippen molar-refractivity contribution in [3.8, 4) is 11.1 Å². The monoisotopic (exact) mass is 417 g/mol. The normalized spacial score (nSPS) is 12.0. The Morgan fingerprint density at radius 2 is 1.93 bits per heavy atom. The van der Waals surface area contributed by atoms with Crippen molar-refractivity contribution in [2.45, 2.75) is 18.0 Å². The molecule has 0 N–H and O–H groups in total. The van der Waals surface area contributed by atoms with Crippen molar-refractivity contribution >= 4 is 28.9 Å². The predicted molar refractivity (Wildman–Crippen MR) is 118 cm³/mol. The second kappa shape index (κ2) is 7.61. The smallest absolute Gasteiger partial charge is 0.191 e. The summed E-state index contributed by atoms with van der Waals surface area (Å²) in [7, 11) is 1.96. The maximum atomic E-state index is 12.8. The van der Waals surface area contributed by atoms with Crippen LogP contribution in [0, 0.1) is 0 Å². The van der Waals surface area contributed by atoms with Gasteiger partial charge in [-0.2, -0.15) is 0 Å². The van der Waals surface area contributed by atoms with Gasteiger partial charge < -0.3 is 4.57 Å². The zero-order valence-corrected chi connectivity index (χ0v) is 17.6. The number of hydrogen-bond acceptors (Lipinski definition) is 5. The molecule has 2 aromatic carbocycles. The number of carbonyl (C=O) groups is 1. The Morgan fingerprint density at radius 1 is 1.07 bits per heavy atom. The molecule has 0 radical (unpaired) electrons. The SMILES string of the molecule is Cn1c(Cc2cccs2)nnc1SCC(=O)c1ccc2c(c1)-c1ccccc1C2. The number of thiophene rings is 1. The van der Waals surface area contributed by atoms with Gasteiger partial charge in [-0.1, -0.05) is 54.2 Å². The molecule has 0 aliphatic heterocycles. The van der Waals surface area contributed by atoms with Crippen molar-refractivity contribution in [3.05, 3.63) is 87.4 Å². The zero-order chi connectivity index (χ0) is 19.8. The number of carbonyl (C=O) groups excluding carboxylic acids is 1. The van der Waals surface area contributed by atoms with Crippen molar-refractivity contribution in [2.24, 2.45) is 7.05 Å². The Kier molecular flexibility index (Phi) is 4.81. The van der Waals surface area contributed by atoms with Gasteiger partial charge in [-0.3, -0.25) is 4.79 Å². The third kappa shape index (κ3) is 3.54. The zero-order valence-electron chi connectivity index (χ0n) is 16.0. The van der Waals surface area contributed by atoms with Crippen LogP contribution < -0.4 is 0 Å². The van der Waals surface area contributed by atoms with Gasteiger partial charge in [0.1, 0.15) is 5.82 Å². The van der Waals surface area contributed by atoms with Gasteiger partial charge in [0.15, 0.2) is 10.9 Å². The van der Waals surface area contributed by atoms with Crippen LogP contribution in [-0.2, 0) is 19.9 Å². The molecule has 0 atom stereocenters. The molecule has 0 bridgehead atoms. The Bertz CT molecular complexity index is 1190. The second-order valence-corrected chi connectivity index (χ2v) is 9.11. The minimum absolute atomic E-state index is 0.116. The van der Waals surface area contributed by atoms with Gasteiger partial charge in [0.2, 0.25) is 0 Å². The van der Waals surface area contributed by atoms with Gasteiger partial charge >= 0.3 is 0 Å². The summed E-state index contributed by atoms with van der Waals surface area (Å²) in [5, 5.41) is 11.4. The van der Waals surface area contributed by atoms with Crippen molar-refractivity contribution in [3.63, 3.8) is 0 Å². The van der Waals surface area contributed by atoms with Crippen molar-refractivity contribution in [1.29, 1.82) is 0 Å². The lowest BCUT2D eigenvalue weighted by atomic mass is 10.0. The van der Waals surface area contributed by atoms with Gasteiger partial charge in [0.25, 0.3) is 0 Å². The number of thioether (sulfide) groups is 1. The van der Waals surface area contributed by atoms with E-state index in [1.165, 1.54) is 38.9 Å². The molecule has 4 aromatic rings. The first-order valence-electron chi connectivity index (χ1n) is 9.47. The van der Waals surface area contributed by atoms with Crippen LogP contribution in [0.3, 0.4) is 0 Å². The number of fused-ring (bicyclic) bond motifs is 3. The molecule has 0 unspecified atom stereocenters. The van der Waals surface area contributed by atoms with Crippen molar-refractivity contribution in [1.82, 2.24) is 14.8 Å². The summed E-state index contributed by atoms with van der Waals surface area (Å²) in [6, 6.07) is 18.7. The Morgan fingerprint density at radius 3 is 2.79 bits per heavy atom. The highest BCUT2D eigenvalue weighted by molar-refractivity contribution is 7.99. The summed E-state index contributed by atoms with van der Waals surface area (Å²) in [5.74, 6) is 1.38. The van der Waals surface area contributed by atoms with E-state index in [2.05, 4.69) is 52.0 Å². The van der Waals surface area contributed by atoms with Crippen LogP contribution in [0.4, 0.5) is 0 Å². The Labute approximate surface area is 177 Å². The number of rotatable bonds is 6. The second-order valence-electron chi connectivity index (χ2n) is 7.13. The number of nitrogens with zero attached hydrogens (tertiary/aromatic N) is 3. The van der Waals surface area contributed by atoms with Gasteiger partial charge in [-0.15, -0.1) is 21.5 Å². The Balaban J connectivity index is 1.29. The average molecular weight is 418 g/mol. The first kappa shape index (κ1) is 18.3. The van der Waals surface area contributed by atoms with Crippen molar-refractivity contribution in [2.75, 3.05) is 5.75 Å². The van der Waals surface area contributed by atoms with E-state index in [1.807, 2.05) is 29.8 Å². The number of ketones is 1. The molecule has 144 valence electrons. The van der Waals surface area contributed by atoms with Crippen LogP contribution in [0.5, 0.6) is 0 Å². The lowest BCUT2D eigenvalue weighted by Gasteiger charge is -2.06. The highest BCUT2D eigenvalue weighted by Gasteiger charge is 2.20. The molecule has 0 spiro atoms. The van der Waals surface area contributed by atoms with Crippen LogP contribution in [0.25, 0.3) is 11.1 Å². The molecule has 29 heavy (non-hydrogen) atoms. The van der Waals surface area contributed by atoms with Gasteiger partial charge in [0, 0.05) is 23.9 Å². The molecule has 0 fully saturated rings. The summed E-state index contributed by atoms with van der Waals surface area (Å²) in [6.45, 7) is 0. The maximum absolute atomic E-state index is 12.8. The van der Waals surface area contributed by atoms with E-state index in [-0.39, 0.29) is 5.78 Å². The van der Waals surface area contributed by atoms with Crippen LogP contribution in [0.2, 0.25) is 0 Å². The number of Topliss-reactive ketones (excluding diaryl/α,β-unsaturated/α-hetero) is 1. The molecule has 0 saturated carbocycles. The minimum Gasteiger partial charge on any atom is -0.309 e. The molecule has 2 aromatic heterocycles. The first-order chi connectivity index (χ1) is 14.2. The van der Waals surface area contributed by atoms with Crippen LogP contribution in [0.15, 0.2) is 65.1 Å². The third-order valence-electron chi connectivity index (χ3n) is 5.29. The fourth-order valence-corrected chi connectivity index (χ4v) is 5.23. The minimum atomic E-state index is 0.116. The molecule has 1 aliphatic carbocycles. The summed E-state index contributed by atoms with van der Waals surface area (Å²) in [5.41, 5.74) is 5.82. The predicted octanol–water partition coefficient (Wildman–Crippen LogP) is 5.01. The lowest BCUT2D eigenvalue weighted by molar-refractivity contribution is 0.102. The highest BCUT2D eigenvalue weighted by Crippen LogP contribution is 2.37. The molecule has 6 heteroatoms. The lowest BCUT2D eigenvalue weighted by Crippen LogP contribution is -2.05. The van der Waals surface area contributed by atoms with Crippen molar-refractivity contribution < 1.29 is 4.79 Å². The fraction of sp³-hybridized carbons (Fsp3) is 0.174. The molecule has 2 heterocycles. The maximum Gasteiger partial charge on any atom is 0.191 e. The van der Waals surface area contributed by atoms with E-state index in [4.69, 9.17) is 0 Å². The first-order valence-corrected chi connectivity index (χ1v) is 11.3. The topological polar surface area (TPSA) is 47.8 Å². The quantitative estimate of drug-likeness (QED) is 0.288. The largest absolute Gasteiger partial charge is 0.309 e. The van der Waals surface area contributed by atoms with Crippen LogP contribution in [-0.4, -0.2) is 26.3 Å². The Hall–Kier alpha value is -2.70. The molecular formula is C23H19N3OS2. The number of benzene rings is 2. The van der Waals surface area contributed by atoms with Gasteiger partial charge in [-0.25, -0.2) is 0 Å². The fourth-order valence-electron chi connectivity index (χ4n) is 3.70. The summed E-state index contributed by atoms with van der Waals surface area (Å²) < 4.78 is 1.98. The third-order valence-corrected chi connectivity index (χ3v) is 7.19. The number of hydrogen-bond donors (Lipinski definition) is 0. The summed E-state index contributed by atoms with van der Waals surface area (Å²) >= 11 is 3.16. The summed E-state index contributed by atoms with van der Waals surface area (Å²) in [6.07, 6.45) is 1.71. The number of aromatic nitrogens is 3. The van der Waals surface area contributed by atoms with E-state index in [0.717, 1.165) is 29.4 Å².